The molecule has 1 aromatic carbocycles. The Morgan fingerprint density at radius 3 is 2.52 bits per heavy atom. The molecule has 0 aliphatic heterocycles. The molecule has 0 saturated carbocycles. The molecule has 1 N–H and O–H groups in total. The highest BCUT2D eigenvalue weighted by atomic mass is 35.5. The highest BCUT2D eigenvalue weighted by molar-refractivity contribution is 7.89. The van der Waals surface area contributed by atoms with Crippen LogP contribution in [0.5, 0.6) is 6.01 Å². The predicted molar refractivity (Wildman–Crippen MR) is 96.4 cm³/mol. The molecular formula is C16H23ClN4O3S. The van der Waals surface area contributed by atoms with Crippen LogP contribution in [0.3, 0.4) is 0 Å². The fourth-order valence-corrected chi connectivity index (χ4v) is 3.78. The lowest BCUT2D eigenvalue weighted by Gasteiger charge is -2.16. The van der Waals surface area contributed by atoms with Gasteiger partial charge in [0.2, 0.25) is 10.0 Å². The molecule has 0 saturated heterocycles. The lowest BCUT2D eigenvalue weighted by molar-refractivity contribution is 0.211. The van der Waals surface area contributed by atoms with Crippen LogP contribution in [0.1, 0.15) is 45.1 Å². The summed E-state index contributed by atoms with van der Waals surface area (Å²) in [5.74, 6) is 0.486. The predicted octanol–water partition coefficient (Wildman–Crippen LogP) is 3.09. The molecule has 0 aliphatic carbocycles. The van der Waals surface area contributed by atoms with Crippen molar-refractivity contribution in [2.24, 2.45) is 0 Å². The van der Waals surface area contributed by atoms with Crippen LogP contribution in [0.25, 0.3) is 0 Å². The van der Waals surface area contributed by atoms with Crippen molar-refractivity contribution in [1.29, 1.82) is 0 Å². The summed E-state index contributed by atoms with van der Waals surface area (Å²) in [5, 5.41) is 8.50. The molecule has 2 aromatic rings. The van der Waals surface area contributed by atoms with Gasteiger partial charge >= 0.3 is 6.01 Å². The molecule has 2 rings (SSSR count). The standard InChI is InChI=1S/C16H23ClN4O3S/c1-6-21-15(18-19-16(21)24-10(2)3)12(5)20-25(22,23)13-8-7-11(4)14(17)9-13/h7-10,12,20H,6H2,1-5H3/t12-/m1/s1. The molecule has 1 heterocycles. The molecule has 7 nitrogen and oxygen atoms in total. The number of nitrogens with one attached hydrogen (secondary N) is 1. The van der Waals surface area contributed by atoms with E-state index in [0.717, 1.165) is 5.56 Å². The summed E-state index contributed by atoms with van der Waals surface area (Å²) in [4.78, 5) is 0.108. The molecular weight excluding hydrogens is 364 g/mol. The number of aryl methyl sites for hydroxylation is 1. The summed E-state index contributed by atoms with van der Waals surface area (Å²) in [6.07, 6.45) is -0.0518. The van der Waals surface area contributed by atoms with Gasteiger partial charge in [-0.2, -0.15) is 0 Å². The zero-order valence-corrected chi connectivity index (χ0v) is 16.5. The maximum Gasteiger partial charge on any atom is 0.317 e. The van der Waals surface area contributed by atoms with Gasteiger partial charge in [-0.1, -0.05) is 22.8 Å². The van der Waals surface area contributed by atoms with Crippen LogP contribution in [-0.4, -0.2) is 29.3 Å². The van der Waals surface area contributed by atoms with E-state index in [-0.39, 0.29) is 11.0 Å². The number of nitrogens with zero attached hydrogens (tertiary/aromatic N) is 3. The maximum atomic E-state index is 12.6. The molecule has 1 aromatic heterocycles. The first kappa shape index (κ1) is 19.7. The summed E-state index contributed by atoms with van der Waals surface area (Å²) in [6, 6.07) is 4.42. The van der Waals surface area contributed by atoms with Crippen molar-refractivity contribution in [3.63, 3.8) is 0 Å². The lowest BCUT2D eigenvalue weighted by Crippen LogP contribution is -2.29. The van der Waals surface area contributed by atoms with Gasteiger partial charge in [0.25, 0.3) is 0 Å². The van der Waals surface area contributed by atoms with Gasteiger partial charge in [-0.05, 0) is 52.3 Å². The number of hydrogen-bond acceptors (Lipinski definition) is 5. The van der Waals surface area contributed by atoms with Crippen molar-refractivity contribution in [2.75, 3.05) is 0 Å². The zero-order chi connectivity index (χ0) is 18.8. The Morgan fingerprint density at radius 2 is 1.96 bits per heavy atom. The van der Waals surface area contributed by atoms with Crippen molar-refractivity contribution in [2.45, 2.75) is 58.2 Å². The maximum absolute atomic E-state index is 12.6. The Morgan fingerprint density at radius 1 is 1.28 bits per heavy atom. The minimum Gasteiger partial charge on any atom is -0.461 e. The van der Waals surface area contributed by atoms with Gasteiger partial charge in [0.05, 0.1) is 17.0 Å². The average Bonchev–Trinajstić information content (AvgIpc) is 2.91. The summed E-state index contributed by atoms with van der Waals surface area (Å²) >= 11 is 6.04. The van der Waals surface area contributed by atoms with E-state index in [1.54, 1.807) is 17.6 Å². The normalized spacial score (nSPS) is 13.2. The molecule has 138 valence electrons. The van der Waals surface area contributed by atoms with Gasteiger partial charge in [-0.15, -0.1) is 5.10 Å². The van der Waals surface area contributed by atoms with E-state index in [1.807, 2.05) is 27.7 Å². The lowest BCUT2D eigenvalue weighted by atomic mass is 10.2. The summed E-state index contributed by atoms with van der Waals surface area (Å²) < 4.78 is 35.2. The van der Waals surface area contributed by atoms with E-state index in [9.17, 15) is 8.42 Å². The molecule has 0 spiro atoms. The zero-order valence-electron chi connectivity index (χ0n) is 14.9. The van der Waals surface area contributed by atoms with Gasteiger partial charge in [0.15, 0.2) is 5.82 Å². The fraction of sp³-hybridized carbons (Fsp3) is 0.500. The number of rotatable bonds is 7. The van der Waals surface area contributed by atoms with Crippen LogP contribution in [0.2, 0.25) is 5.02 Å². The summed E-state index contributed by atoms with van der Waals surface area (Å²) in [6.45, 7) is 9.79. The number of hydrogen-bond donors (Lipinski definition) is 1. The first-order chi connectivity index (χ1) is 11.7. The smallest absolute Gasteiger partial charge is 0.317 e. The number of benzene rings is 1. The first-order valence-corrected chi connectivity index (χ1v) is 9.90. The SMILES string of the molecule is CCn1c(OC(C)C)nnc1[C@@H](C)NS(=O)(=O)c1ccc(C)c(Cl)c1. The van der Waals surface area contributed by atoms with Crippen LogP contribution in [-0.2, 0) is 16.6 Å². The number of ether oxygens (including phenoxy) is 1. The van der Waals surface area contributed by atoms with Crippen molar-refractivity contribution in [3.05, 3.63) is 34.6 Å². The van der Waals surface area contributed by atoms with Gasteiger partial charge in [-0.3, -0.25) is 4.57 Å². The highest BCUT2D eigenvalue weighted by Crippen LogP contribution is 2.23. The van der Waals surface area contributed by atoms with Crippen molar-refractivity contribution in [3.8, 4) is 6.01 Å². The number of sulfonamides is 1. The topological polar surface area (TPSA) is 86.1 Å². The van der Waals surface area contributed by atoms with Crippen molar-refractivity contribution < 1.29 is 13.2 Å². The molecule has 0 fully saturated rings. The van der Waals surface area contributed by atoms with Crippen LogP contribution < -0.4 is 9.46 Å². The average molecular weight is 387 g/mol. The second-order valence-electron chi connectivity index (χ2n) is 6.01. The minimum absolute atomic E-state index is 0.0518. The molecule has 0 aliphatic rings. The van der Waals surface area contributed by atoms with E-state index in [0.29, 0.717) is 23.4 Å². The quantitative estimate of drug-likeness (QED) is 0.790. The van der Waals surface area contributed by atoms with Crippen LogP contribution in [0, 0.1) is 6.92 Å². The van der Waals surface area contributed by atoms with Gasteiger partial charge in [0, 0.05) is 11.6 Å². The Kier molecular flexibility index (Phi) is 6.08. The Labute approximate surface area is 153 Å². The number of aromatic nitrogens is 3. The second-order valence-corrected chi connectivity index (χ2v) is 8.13. The van der Waals surface area contributed by atoms with Crippen molar-refractivity contribution >= 4 is 21.6 Å². The van der Waals surface area contributed by atoms with E-state index in [4.69, 9.17) is 16.3 Å². The van der Waals surface area contributed by atoms with Crippen LogP contribution >= 0.6 is 11.6 Å². The third-order valence-electron chi connectivity index (χ3n) is 3.58. The second kappa shape index (κ2) is 7.72. The van der Waals surface area contributed by atoms with Crippen LogP contribution in [0.15, 0.2) is 23.1 Å². The highest BCUT2D eigenvalue weighted by Gasteiger charge is 2.24. The van der Waals surface area contributed by atoms with Crippen molar-refractivity contribution in [1.82, 2.24) is 19.5 Å². The summed E-state index contributed by atoms with van der Waals surface area (Å²) in [7, 11) is -3.74. The molecule has 0 amide bonds. The summed E-state index contributed by atoms with van der Waals surface area (Å²) in [5.41, 5.74) is 0.815. The van der Waals surface area contributed by atoms with E-state index >= 15 is 0 Å². The van der Waals surface area contributed by atoms with E-state index in [2.05, 4.69) is 14.9 Å². The van der Waals surface area contributed by atoms with E-state index < -0.39 is 16.1 Å². The molecule has 25 heavy (non-hydrogen) atoms. The van der Waals surface area contributed by atoms with E-state index in [1.165, 1.54) is 12.1 Å². The minimum atomic E-state index is -3.74. The van der Waals surface area contributed by atoms with Gasteiger partial charge < -0.3 is 4.74 Å². The third kappa shape index (κ3) is 4.50. The van der Waals surface area contributed by atoms with Crippen LogP contribution in [0.4, 0.5) is 0 Å². The first-order valence-electron chi connectivity index (χ1n) is 8.04. The fourth-order valence-electron chi connectivity index (χ4n) is 2.31. The monoisotopic (exact) mass is 386 g/mol. The Hall–Kier alpha value is -1.64. The molecule has 9 heteroatoms. The molecule has 1 atom stereocenters. The molecule has 0 radical (unpaired) electrons. The molecule has 0 unspecified atom stereocenters. The number of halogens is 1. The Bertz CT molecular complexity index is 849. The molecule has 0 bridgehead atoms. The Balaban J connectivity index is 2.27. The van der Waals surface area contributed by atoms with Gasteiger partial charge in [0.1, 0.15) is 0 Å². The largest absolute Gasteiger partial charge is 0.461 e. The third-order valence-corrected chi connectivity index (χ3v) is 5.52. The van der Waals surface area contributed by atoms with Gasteiger partial charge in [-0.25, -0.2) is 13.1 Å².